The molecule has 0 aromatic heterocycles. The average molecular weight is 498 g/mol. The highest BCUT2D eigenvalue weighted by molar-refractivity contribution is 9.10. The van der Waals surface area contributed by atoms with Gasteiger partial charge in [0.25, 0.3) is 0 Å². The Bertz CT molecular complexity index is 1000. The van der Waals surface area contributed by atoms with Crippen LogP contribution in [0.15, 0.2) is 64.0 Å². The van der Waals surface area contributed by atoms with E-state index < -0.39 is 33.6 Å². The van der Waals surface area contributed by atoms with Crippen LogP contribution in [0.1, 0.15) is 45.6 Å². The summed E-state index contributed by atoms with van der Waals surface area (Å²) < 4.78 is 31.8. The Labute approximate surface area is 185 Å². The van der Waals surface area contributed by atoms with E-state index in [1.54, 1.807) is 64.1 Å². The van der Waals surface area contributed by atoms with Crippen molar-refractivity contribution in [2.24, 2.45) is 0 Å². The molecule has 1 amide bonds. The minimum atomic E-state index is -4.55. The van der Waals surface area contributed by atoms with E-state index in [2.05, 4.69) is 15.9 Å². The zero-order valence-electron chi connectivity index (χ0n) is 17.2. The maximum atomic E-state index is 13.2. The fourth-order valence-corrected chi connectivity index (χ4v) is 4.64. The summed E-state index contributed by atoms with van der Waals surface area (Å²) in [6.45, 7) is 6.50. The summed E-state index contributed by atoms with van der Waals surface area (Å²) >= 11 is 3.16. The number of sulfonamides is 1. The van der Waals surface area contributed by atoms with Gasteiger partial charge in [-0.15, -0.1) is 0 Å². The maximum Gasteiger partial charge on any atom is 0.459 e. The monoisotopic (exact) mass is 497 g/mol. The standard InChI is InChI=1S/C21H24BrNO6S/c1-5-16(15-11-7-6-8-12-15)19(24)29-23(20(25)28-21(2,3)4)30(26,27)18-14-10-9-13-17(18)22/h6-14,16H,5H2,1-4H3. The second kappa shape index (κ2) is 9.61. The van der Waals surface area contributed by atoms with Crippen molar-refractivity contribution < 1.29 is 27.6 Å². The molecule has 0 aliphatic rings. The third-order valence-electron chi connectivity index (χ3n) is 3.94. The van der Waals surface area contributed by atoms with E-state index in [0.717, 1.165) is 0 Å². The van der Waals surface area contributed by atoms with Crippen LogP contribution in [0.5, 0.6) is 0 Å². The van der Waals surface area contributed by atoms with Crippen LogP contribution in [0.25, 0.3) is 0 Å². The van der Waals surface area contributed by atoms with E-state index in [4.69, 9.17) is 9.57 Å². The summed E-state index contributed by atoms with van der Waals surface area (Å²) in [7, 11) is -4.55. The van der Waals surface area contributed by atoms with Crippen LogP contribution < -0.4 is 0 Å². The lowest BCUT2D eigenvalue weighted by atomic mass is 9.97. The van der Waals surface area contributed by atoms with Crippen molar-refractivity contribution in [1.82, 2.24) is 4.47 Å². The first-order valence-corrected chi connectivity index (χ1v) is 11.5. The van der Waals surface area contributed by atoms with Crippen molar-refractivity contribution >= 4 is 38.0 Å². The molecule has 2 rings (SSSR count). The molecule has 7 nitrogen and oxygen atoms in total. The second-order valence-corrected chi connectivity index (χ2v) is 10.0. The number of benzene rings is 2. The van der Waals surface area contributed by atoms with Gasteiger partial charge in [0.1, 0.15) is 10.5 Å². The summed E-state index contributed by atoms with van der Waals surface area (Å²) in [5.74, 6) is -1.64. The SMILES string of the molecule is CCC(C(=O)ON(C(=O)OC(C)(C)C)S(=O)(=O)c1ccccc1Br)c1ccccc1. The number of rotatable bonds is 5. The first-order chi connectivity index (χ1) is 14.0. The zero-order valence-corrected chi connectivity index (χ0v) is 19.6. The van der Waals surface area contributed by atoms with Crippen LogP contribution in [0, 0.1) is 0 Å². The van der Waals surface area contributed by atoms with Crippen LogP contribution >= 0.6 is 15.9 Å². The van der Waals surface area contributed by atoms with Crippen LogP contribution in [0.3, 0.4) is 0 Å². The van der Waals surface area contributed by atoms with Gasteiger partial charge in [-0.05, 0) is 65.3 Å². The third kappa shape index (κ3) is 5.82. The largest absolute Gasteiger partial charge is 0.459 e. The molecule has 9 heteroatoms. The Morgan fingerprint density at radius 1 is 1.03 bits per heavy atom. The van der Waals surface area contributed by atoms with Gasteiger partial charge in [0.05, 0.1) is 5.92 Å². The molecule has 0 fully saturated rings. The molecule has 1 atom stereocenters. The molecule has 0 spiro atoms. The number of carbonyl (C=O) groups excluding carboxylic acids is 2. The molecular weight excluding hydrogens is 474 g/mol. The number of hydrogen-bond acceptors (Lipinski definition) is 6. The van der Waals surface area contributed by atoms with Gasteiger partial charge in [-0.3, -0.25) is 0 Å². The highest BCUT2D eigenvalue weighted by Crippen LogP contribution is 2.28. The van der Waals surface area contributed by atoms with Gasteiger partial charge in [-0.2, -0.15) is 8.42 Å². The van der Waals surface area contributed by atoms with E-state index in [-0.39, 0.29) is 13.8 Å². The number of carbonyl (C=O) groups is 2. The Morgan fingerprint density at radius 2 is 1.60 bits per heavy atom. The van der Waals surface area contributed by atoms with Crippen molar-refractivity contribution in [2.75, 3.05) is 0 Å². The number of amides is 1. The molecule has 0 bridgehead atoms. The molecule has 2 aromatic carbocycles. The third-order valence-corrected chi connectivity index (χ3v) is 6.47. The van der Waals surface area contributed by atoms with E-state index in [9.17, 15) is 18.0 Å². The summed E-state index contributed by atoms with van der Waals surface area (Å²) in [6.07, 6.45) is -0.963. The normalized spacial score (nSPS) is 12.7. The Kier molecular flexibility index (Phi) is 7.65. The van der Waals surface area contributed by atoms with E-state index in [0.29, 0.717) is 12.0 Å². The molecule has 30 heavy (non-hydrogen) atoms. The molecule has 0 N–H and O–H groups in total. The van der Waals surface area contributed by atoms with E-state index in [1.807, 2.05) is 0 Å². The van der Waals surface area contributed by atoms with Crippen LogP contribution in [-0.2, 0) is 24.4 Å². The van der Waals surface area contributed by atoms with Crippen molar-refractivity contribution in [3.8, 4) is 0 Å². The molecule has 0 saturated carbocycles. The van der Waals surface area contributed by atoms with Gasteiger partial charge in [-0.25, -0.2) is 9.59 Å². The fraction of sp³-hybridized carbons (Fsp3) is 0.333. The smallest absolute Gasteiger partial charge is 0.441 e. The van der Waals surface area contributed by atoms with Gasteiger partial charge in [0.15, 0.2) is 0 Å². The minimum absolute atomic E-state index is 0.0201. The quantitative estimate of drug-likeness (QED) is 0.538. The van der Waals surface area contributed by atoms with Gasteiger partial charge >= 0.3 is 22.1 Å². The van der Waals surface area contributed by atoms with E-state index >= 15 is 0 Å². The topological polar surface area (TPSA) is 90.0 Å². The number of ether oxygens (including phenoxy) is 1. The summed E-state index contributed by atoms with van der Waals surface area (Å²) in [5, 5.41) is 0. The number of hydrogen-bond donors (Lipinski definition) is 0. The lowest BCUT2D eigenvalue weighted by Crippen LogP contribution is -2.43. The van der Waals surface area contributed by atoms with Crippen LogP contribution in [-0.4, -0.2) is 30.5 Å². The Morgan fingerprint density at radius 3 is 2.13 bits per heavy atom. The van der Waals surface area contributed by atoms with Crippen molar-refractivity contribution in [3.05, 3.63) is 64.6 Å². The molecule has 0 aliphatic carbocycles. The molecular formula is C21H24BrNO6S. The minimum Gasteiger partial charge on any atom is -0.441 e. The summed E-state index contributed by atoms with van der Waals surface area (Å²) in [6, 6.07) is 14.7. The first kappa shape index (κ1) is 23.9. The molecule has 0 radical (unpaired) electrons. The van der Waals surface area contributed by atoms with Gasteiger partial charge in [0, 0.05) is 4.47 Å². The van der Waals surface area contributed by atoms with Crippen molar-refractivity contribution in [2.45, 2.75) is 50.5 Å². The Balaban J connectivity index is 2.45. The number of nitrogens with zero attached hydrogens (tertiary/aromatic N) is 1. The summed E-state index contributed by atoms with van der Waals surface area (Å²) in [5.41, 5.74) is -0.359. The average Bonchev–Trinajstić information content (AvgIpc) is 2.66. The van der Waals surface area contributed by atoms with Gasteiger partial charge in [0.2, 0.25) is 0 Å². The zero-order chi connectivity index (χ0) is 22.5. The maximum absolute atomic E-state index is 13.2. The predicted molar refractivity (Wildman–Crippen MR) is 115 cm³/mol. The lowest BCUT2D eigenvalue weighted by molar-refractivity contribution is -0.169. The molecule has 2 aromatic rings. The first-order valence-electron chi connectivity index (χ1n) is 9.27. The molecule has 1 unspecified atom stereocenters. The van der Waals surface area contributed by atoms with Crippen molar-refractivity contribution in [3.63, 3.8) is 0 Å². The lowest BCUT2D eigenvalue weighted by Gasteiger charge is -2.26. The van der Waals surface area contributed by atoms with E-state index in [1.165, 1.54) is 18.2 Å². The number of halogens is 1. The highest BCUT2D eigenvalue weighted by atomic mass is 79.9. The molecule has 0 saturated heterocycles. The predicted octanol–water partition coefficient (Wildman–Crippen LogP) is 5.03. The van der Waals surface area contributed by atoms with Crippen LogP contribution in [0.4, 0.5) is 4.79 Å². The van der Waals surface area contributed by atoms with Gasteiger partial charge in [-0.1, -0.05) is 49.4 Å². The highest BCUT2D eigenvalue weighted by Gasteiger charge is 2.39. The van der Waals surface area contributed by atoms with Crippen molar-refractivity contribution in [1.29, 1.82) is 0 Å². The second-order valence-electron chi connectivity index (χ2n) is 7.42. The summed E-state index contributed by atoms with van der Waals surface area (Å²) in [4.78, 5) is 30.5. The molecule has 162 valence electrons. The fourth-order valence-electron chi connectivity index (χ4n) is 2.60. The number of hydroxylamine groups is 1. The molecule has 0 aliphatic heterocycles. The molecule has 0 heterocycles. The van der Waals surface area contributed by atoms with Crippen LogP contribution in [0.2, 0.25) is 0 Å². The Hall–Kier alpha value is -2.39. The van der Waals surface area contributed by atoms with Gasteiger partial charge < -0.3 is 9.57 Å².